The van der Waals surface area contributed by atoms with Gasteiger partial charge in [0.05, 0.1) is 13.0 Å². The Balaban J connectivity index is 2.49. The third-order valence-corrected chi connectivity index (χ3v) is 2.52. The van der Waals surface area contributed by atoms with Gasteiger partial charge in [0.25, 0.3) is 0 Å². The number of benzene rings is 1. The summed E-state index contributed by atoms with van der Waals surface area (Å²) in [6, 6.07) is 8.18. The van der Waals surface area contributed by atoms with Crippen LogP contribution in [0.3, 0.4) is 0 Å². The lowest BCUT2D eigenvalue weighted by Gasteiger charge is -2.14. The molecule has 0 aliphatic carbocycles. The molecule has 4 heteroatoms. The standard InChI is InChI=1S/C14H22N2O2/c1-4-15-14(17)9-12-5-7-13(8-6-12)16-11(2)10-18-3/h5-8,11,16H,4,9-10H2,1-3H3,(H,15,17). The van der Waals surface area contributed by atoms with Crippen molar-refractivity contribution in [2.45, 2.75) is 26.3 Å². The van der Waals surface area contributed by atoms with E-state index in [-0.39, 0.29) is 11.9 Å². The average Bonchev–Trinajstić information content (AvgIpc) is 2.32. The van der Waals surface area contributed by atoms with E-state index in [2.05, 4.69) is 17.6 Å². The second-order valence-electron chi connectivity index (χ2n) is 4.33. The van der Waals surface area contributed by atoms with Gasteiger partial charge in [-0.2, -0.15) is 0 Å². The SMILES string of the molecule is CCNC(=O)Cc1ccc(NC(C)COC)cc1. The Hall–Kier alpha value is -1.55. The minimum atomic E-state index is 0.0611. The highest BCUT2D eigenvalue weighted by Gasteiger charge is 2.03. The number of methoxy groups -OCH3 is 1. The van der Waals surface area contributed by atoms with Crippen molar-refractivity contribution in [2.75, 3.05) is 25.6 Å². The molecule has 1 aromatic carbocycles. The van der Waals surface area contributed by atoms with Gasteiger partial charge in [0, 0.05) is 25.4 Å². The van der Waals surface area contributed by atoms with Crippen LogP contribution in [-0.2, 0) is 16.0 Å². The zero-order valence-corrected chi connectivity index (χ0v) is 11.3. The normalized spacial score (nSPS) is 11.9. The van der Waals surface area contributed by atoms with Crippen molar-refractivity contribution in [3.8, 4) is 0 Å². The molecule has 0 fully saturated rings. The molecule has 0 saturated carbocycles. The fraction of sp³-hybridized carbons (Fsp3) is 0.500. The van der Waals surface area contributed by atoms with Crippen LogP contribution in [0.1, 0.15) is 19.4 Å². The van der Waals surface area contributed by atoms with E-state index in [9.17, 15) is 4.79 Å². The first-order valence-electron chi connectivity index (χ1n) is 6.26. The molecule has 0 bridgehead atoms. The quantitative estimate of drug-likeness (QED) is 0.776. The first-order chi connectivity index (χ1) is 8.65. The number of ether oxygens (including phenoxy) is 1. The van der Waals surface area contributed by atoms with Gasteiger partial charge in [-0.05, 0) is 31.5 Å². The molecule has 1 aromatic rings. The summed E-state index contributed by atoms with van der Waals surface area (Å²) in [5.74, 6) is 0.0611. The van der Waals surface area contributed by atoms with Crippen LogP contribution in [0.15, 0.2) is 24.3 Å². The molecule has 1 unspecified atom stereocenters. The number of hydrogen-bond donors (Lipinski definition) is 2. The van der Waals surface area contributed by atoms with Gasteiger partial charge < -0.3 is 15.4 Å². The number of likely N-dealkylation sites (N-methyl/N-ethyl adjacent to an activating group) is 1. The number of amides is 1. The fourth-order valence-corrected chi connectivity index (χ4v) is 1.74. The van der Waals surface area contributed by atoms with Crippen LogP contribution < -0.4 is 10.6 Å². The molecule has 0 aromatic heterocycles. The smallest absolute Gasteiger partial charge is 0.224 e. The molecule has 100 valence electrons. The molecular weight excluding hydrogens is 228 g/mol. The van der Waals surface area contributed by atoms with Gasteiger partial charge in [0.2, 0.25) is 5.91 Å². The first kappa shape index (κ1) is 14.5. The lowest BCUT2D eigenvalue weighted by Crippen LogP contribution is -2.24. The topological polar surface area (TPSA) is 50.4 Å². The van der Waals surface area contributed by atoms with Crippen molar-refractivity contribution in [1.29, 1.82) is 0 Å². The highest BCUT2D eigenvalue weighted by molar-refractivity contribution is 5.78. The van der Waals surface area contributed by atoms with Gasteiger partial charge in [-0.1, -0.05) is 12.1 Å². The van der Waals surface area contributed by atoms with Crippen molar-refractivity contribution in [3.63, 3.8) is 0 Å². The Labute approximate surface area is 109 Å². The van der Waals surface area contributed by atoms with E-state index >= 15 is 0 Å². The van der Waals surface area contributed by atoms with Gasteiger partial charge in [0.15, 0.2) is 0 Å². The number of rotatable bonds is 7. The predicted molar refractivity (Wildman–Crippen MR) is 73.8 cm³/mol. The van der Waals surface area contributed by atoms with E-state index in [4.69, 9.17) is 4.74 Å². The molecule has 0 radical (unpaired) electrons. The predicted octanol–water partition coefficient (Wildman–Crippen LogP) is 1.81. The van der Waals surface area contributed by atoms with E-state index in [1.807, 2.05) is 31.2 Å². The molecule has 2 N–H and O–H groups in total. The van der Waals surface area contributed by atoms with E-state index in [0.29, 0.717) is 19.6 Å². The maximum atomic E-state index is 11.4. The van der Waals surface area contributed by atoms with Gasteiger partial charge in [-0.3, -0.25) is 4.79 Å². The number of anilines is 1. The van der Waals surface area contributed by atoms with Crippen LogP contribution in [0.25, 0.3) is 0 Å². The zero-order chi connectivity index (χ0) is 13.4. The second kappa shape index (κ2) is 7.71. The molecule has 0 saturated heterocycles. The monoisotopic (exact) mass is 250 g/mol. The van der Waals surface area contributed by atoms with Crippen molar-refractivity contribution < 1.29 is 9.53 Å². The molecule has 4 nitrogen and oxygen atoms in total. The van der Waals surface area contributed by atoms with E-state index < -0.39 is 0 Å². The molecule has 1 amide bonds. The molecule has 1 atom stereocenters. The number of carbonyl (C=O) groups is 1. The largest absolute Gasteiger partial charge is 0.383 e. The van der Waals surface area contributed by atoms with E-state index in [1.165, 1.54) is 0 Å². The maximum absolute atomic E-state index is 11.4. The summed E-state index contributed by atoms with van der Waals surface area (Å²) >= 11 is 0. The molecule has 18 heavy (non-hydrogen) atoms. The van der Waals surface area contributed by atoms with Crippen LogP contribution >= 0.6 is 0 Å². The summed E-state index contributed by atoms with van der Waals surface area (Å²) in [6.45, 7) is 5.32. The van der Waals surface area contributed by atoms with Crippen LogP contribution in [0.2, 0.25) is 0 Å². The van der Waals surface area contributed by atoms with Crippen LogP contribution in [0.5, 0.6) is 0 Å². The average molecular weight is 250 g/mol. The van der Waals surface area contributed by atoms with Crippen molar-refractivity contribution in [3.05, 3.63) is 29.8 Å². The Morgan fingerprint density at radius 3 is 2.56 bits per heavy atom. The van der Waals surface area contributed by atoms with E-state index in [0.717, 1.165) is 11.3 Å². The van der Waals surface area contributed by atoms with Crippen LogP contribution in [0.4, 0.5) is 5.69 Å². The summed E-state index contributed by atoms with van der Waals surface area (Å²) in [5, 5.41) is 6.11. The maximum Gasteiger partial charge on any atom is 0.224 e. The Morgan fingerprint density at radius 1 is 1.33 bits per heavy atom. The molecule has 0 aliphatic rings. The third kappa shape index (κ3) is 5.19. The van der Waals surface area contributed by atoms with Crippen molar-refractivity contribution in [1.82, 2.24) is 5.32 Å². The molecule has 0 aliphatic heterocycles. The van der Waals surface area contributed by atoms with Crippen molar-refractivity contribution >= 4 is 11.6 Å². The van der Waals surface area contributed by atoms with E-state index in [1.54, 1.807) is 7.11 Å². The van der Waals surface area contributed by atoms with Crippen LogP contribution in [0, 0.1) is 0 Å². The molecule has 0 spiro atoms. The lowest BCUT2D eigenvalue weighted by atomic mass is 10.1. The summed E-state index contributed by atoms with van der Waals surface area (Å²) in [6.07, 6.45) is 0.432. The minimum Gasteiger partial charge on any atom is -0.383 e. The highest BCUT2D eigenvalue weighted by Crippen LogP contribution is 2.11. The molecule has 1 rings (SSSR count). The van der Waals surface area contributed by atoms with Gasteiger partial charge in [-0.25, -0.2) is 0 Å². The highest BCUT2D eigenvalue weighted by atomic mass is 16.5. The third-order valence-electron chi connectivity index (χ3n) is 2.52. The summed E-state index contributed by atoms with van der Waals surface area (Å²) in [4.78, 5) is 11.4. The number of nitrogens with one attached hydrogen (secondary N) is 2. The minimum absolute atomic E-state index is 0.0611. The fourth-order valence-electron chi connectivity index (χ4n) is 1.74. The Kier molecular flexibility index (Phi) is 6.22. The second-order valence-corrected chi connectivity index (χ2v) is 4.33. The number of carbonyl (C=O) groups excluding carboxylic acids is 1. The van der Waals surface area contributed by atoms with Gasteiger partial charge in [0.1, 0.15) is 0 Å². The Morgan fingerprint density at radius 2 is 2.00 bits per heavy atom. The zero-order valence-electron chi connectivity index (χ0n) is 11.3. The lowest BCUT2D eigenvalue weighted by molar-refractivity contribution is -0.120. The van der Waals surface area contributed by atoms with Gasteiger partial charge in [-0.15, -0.1) is 0 Å². The molecule has 0 heterocycles. The molecular formula is C14H22N2O2. The number of hydrogen-bond acceptors (Lipinski definition) is 3. The van der Waals surface area contributed by atoms with Gasteiger partial charge >= 0.3 is 0 Å². The van der Waals surface area contributed by atoms with Crippen molar-refractivity contribution in [2.24, 2.45) is 0 Å². The Bertz CT molecular complexity index is 363. The first-order valence-corrected chi connectivity index (χ1v) is 6.26. The summed E-state index contributed by atoms with van der Waals surface area (Å²) in [5.41, 5.74) is 2.06. The van der Waals surface area contributed by atoms with Crippen LogP contribution in [-0.4, -0.2) is 32.2 Å². The summed E-state index contributed by atoms with van der Waals surface area (Å²) in [7, 11) is 1.69. The summed E-state index contributed by atoms with van der Waals surface area (Å²) < 4.78 is 5.06.